The number of pyridine rings is 1. The van der Waals surface area contributed by atoms with Crippen molar-refractivity contribution in [2.45, 2.75) is 29.3 Å². The number of aromatic nitrogens is 2. The fraction of sp³-hybridized carbons (Fsp3) is 0.231. The summed E-state index contributed by atoms with van der Waals surface area (Å²) in [6, 6.07) is 14.7. The number of carbonyl (C=O) groups excluding carboxylic acids is 1. The first-order chi connectivity index (χ1) is 18.1. The second-order valence-corrected chi connectivity index (χ2v) is 11.9. The lowest BCUT2D eigenvalue weighted by Crippen LogP contribution is -2.59. The number of nitrogens with one attached hydrogen (secondary N) is 1. The first kappa shape index (κ1) is 24.8. The number of carbonyl (C=O) groups is 1. The number of amides is 1. The third kappa shape index (κ3) is 4.03. The number of aliphatic hydroxyl groups is 2. The summed E-state index contributed by atoms with van der Waals surface area (Å²) in [6.07, 6.45) is 0.168. The van der Waals surface area contributed by atoms with Crippen molar-refractivity contribution in [3.63, 3.8) is 0 Å². The number of H-pyrrole nitrogens is 1. The summed E-state index contributed by atoms with van der Waals surface area (Å²) in [5.74, 6) is -0.412. The van der Waals surface area contributed by atoms with Gasteiger partial charge in [-0.1, -0.05) is 23.7 Å². The molecule has 2 saturated heterocycles. The van der Waals surface area contributed by atoms with Gasteiger partial charge in [0.1, 0.15) is 17.2 Å². The molecule has 1 amide bonds. The van der Waals surface area contributed by atoms with Crippen molar-refractivity contribution in [1.29, 1.82) is 0 Å². The van der Waals surface area contributed by atoms with Crippen LogP contribution in [0, 0.1) is 5.21 Å². The summed E-state index contributed by atoms with van der Waals surface area (Å²) < 4.78 is 28.9. The fourth-order valence-electron chi connectivity index (χ4n) is 5.33. The van der Waals surface area contributed by atoms with Crippen LogP contribution in [0.3, 0.4) is 0 Å². The van der Waals surface area contributed by atoms with Gasteiger partial charge in [0.2, 0.25) is 0 Å². The molecule has 4 heterocycles. The first-order valence-electron chi connectivity index (χ1n) is 11.9. The second-order valence-electron chi connectivity index (χ2n) is 9.54. The number of nitrogens with zero attached hydrogens (tertiary/aromatic N) is 3. The Bertz CT molecular complexity index is 1620. The summed E-state index contributed by atoms with van der Waals surface area (Å²) in [5.41, 5.74) is 2.56. The Labute approximate surface area is 222 Å². The van der Waals surface area contributed by atoms with Crippen molar-refractivity contribution in [3.05, 3.63) is 88.9 Å². The van der Waals surface area contributed by atoms with Crippen molar-refractivity contribution in [2.24, 2.45) is 0 Å². The molecule has 2 aliphatic heterocycles. The van der Waals surface area contributed by atoms with Gasteiger partial charge >= 0.3 is 0 Å². The molecule has 12 heteroatoms. The number of hydrogen-bond acceptors (Lipinski definition) is 6. The number of fused-ring (bicyclic) bond motifs is 3. The highest BCUT2D eigenvalue weighted by atomic mass is 35.5. The van der Waals surface area contributed by atoms with E-state index in [4.69, 9.17) is 11.6 Å². The van der Waals surface area contributed by atoms with Gasteiger partial charge in [0.05, 0.1) is 12.1 Å². The van der Waals surface area contributed by atoms with Gasteiger partial charge in [0.15, 0.2) is 12.4 Å². The maximum Gasteiger partial charge on any atom is 0.258 e. The van der Waals surface area contributed by atoms with Crippen LogP contribution in [0.25, 0.3) is 22.0 Å². The van der Waals surface area contributed by atoms with E-state index in [0.717, 1.165) is 11.1 Å². The highest BCUT2D eigenvalue weighted by Crippen LogP contribution is 2.35. The van der Waals surface area contributed by atoms with Gasteiger partial charge in [-0.25, -0.2) is 8.42 Å². The molecule has 2 aromatic heterocycles. The quantitative estimate of drug-likeness (QED) is 0.259. The molecule has 196 valence electrons. The van der Waals surface area contributed by atoms with Crippen molar-refractivity contribution in [1.82, 2.24) is 14.2 Å². The smallest absolute Gasteiger partial charge is 0.258 e. The van der Waals surface area contributed by atoms with Crippen LogP contribution in [0.1, 0.15) is 10.4 Å². The summed E-state index contributed by atoms with van der Waals surface area (Å²) in [4.78, 5) is 17.8. The molecule has 4 atom stereocenters. The van der Waals surface area contributed by atoms with Crippen molar-refractivity contribution < 1.29 is 28.2 Å². The normalized spacial score (nSPS) is 23.7. The third-order valence-electron chi connectivity index (χ3n) is 7.31. The topological polar surface area (TPSA) is 141 Å². The predicted octanol–water partition coefficient (Wildman–Crippen LogP) is 1.74. The molecular weight excluding hydrogens is 532 g/mol. The Morgan fingerprint density at radius 1 is 0.947 bits per heavy atom. The molecule has 3 N–H and O–H groups in total. The van der Waals surface area contributed by atoms with E-state index in [9.17, 15) is 28.6 Å². The SMILES string of the molecule is O=C(c1ccc(-c2cc[n+]([O-])cc2)cc1)N1C2CN(S(=O)(=O)c3cc4cc(Cl)ccc4[nH]3)CC1C(O)C2O. The molecule has 2 fully saturated rings. The molecule has 4 unspecified atom stereocenters. The molecule has 0 radical (unpaired) electrons. The molecule has 38 heavy (non-hydrogen) atoms. The second kappa shape index (κ2) is 9.07. The summed E-state index contributed by atoms with van der Waals surface area (Å²) in [5, 5.41) is 33.8. The summed E-state index contributed by atoms with van der Waals surface area (Å²) in [7, 11) is -4.01. The molecular formula is C26H23ClN4O6S. The molecule has 10 nitrogen and oxygen atoms in total. The Kier molecular flexibility index (Phi) is 5.93. The zero-order valence-electron chi connectivity index (χ0n) is 19.8. The minimum absolute atomic E-state index is 0.0306. The van der Waals surface area contributed by atoms with E-state index in [0.29, 0.717) is 26.2 Å². The Morgan fingerprint density at radius 2 is 1.55 bits per heavy atom. The monoisotopic (exact) mass is 554 g/mol. The molecule has 6 rings (SSSR count). The number of benzene rings is 2. The van der Waals surface area contributed by atoms with Crippen LogP contribution in [-0.2, 0) is 10.0 Å². The van der Waals surface area contributed by atoms with E-state index in [1.54, 1.807) is 54.6 Å². The summed E-state index contributed by atoms with van der Waals surface area (Å²) >= 11 is 6.03. The number of hydrogen-bond donors (Lipinski definition) is 3. The largest absolute Gasteiger partial charge is 0.619 e. The fourth-order valence-corrected chi connectivity index (χ4v) is 7.00. The lowest BCUT2D eigenvalue weighted by molar-refractivity contribution is -0.605. The number of piperazine rings is 1. The minimum atomic E-state index is -4.01. The van der Waals surface area contributed by atoms with Gasteiger partial charge in [0.25, 0.3) is 15.9 Å². The van der Waals surface area contributed by atoms with E-state index >= 15 is 0 Å². The standard InChI is InChI=1S/C26H23ClN4O6S/c27-19-5-6-20-18(11-19)12-23(28-20)38(36,37)30-13-21-24(32)25(33)22(14-30)31(21)26(34)17-3-1-15(2-4-17)16-7-9-29(35)10-8-16/h1-12,21-22,24-25,28,32-33H,13-14H2. The van der Waals surface area contributed by atoms with Crippen LogP contribution in [-0.4, -0.2) is 76.1 Å². The molecule has 2 aliphatic rings. The van der Waals surface area contributed by atoms with Crippen molar-refractivity contribution in [3.8, 4) is 11.1 Å². The van der Waals surface area contributed by atoms with E-state index in [1.807, 2.05) is 0 Å². The van der Waals surface area contributed by atoms with E-state index < -0.39 is 40.2 Å². The summed E-state index contributed by atoms with van der Waals surface area (Å²) in [6.45, 7) is -0.341. The maximum atomic E-state index is 13.5. The van der Waals surface area contributed by atoms with Crippen LogP contribution >= 0.6 is 11.6 Å². The lowest BCUT2D eigenvalue weighted by atomic mass is 10.0. The van der Waals surface area contributed by atoms with Gasteiger partial charge < -0.3 is 25.3 Å². The first-order valence-corrected chi connectivity index (χ1v) is 13.7. The number of sulfonamides is 1. The van der Waals surface area contributed by atoms with Crippen LogP contribution < -0.4 is 4.73 Å². The van der Waals surface area contributed by atoms with E-state index in [1.165, 1.54) is 27.7 Å². The van der Waals surface area contributed by atoms with E-state index in [-0.39, 0.29) is 18.1 Å². The molecule has 0 spiro atoms. The van der Waals surface area contributed by atoms with Gasteiger partial charge in [-0.05, 0) is 47.5 Å². The third-order valence-corrected chi connectivity index (χ3v) is 9.30. The van der Waals surface area contributed by atoms with Gasteiger partial charge in [-0.2, -0.15) is 9.04 Å². The van der Waals surface area contributed by atoms with Crippen LogP contribution in [0.4, 0.5) is 0 Å². The predicted molar refractivity (Wildman–Crippen MR) is 139 cm³/mol. The molecule has 0 aliphatic carbocycles. The Hall–Kier alpha value is -3.48. The lowest BCUT2D eigenvalue weighted by Gasteiger charge is -2.40. The number of aliphatic hydroxyl groups excluding tert-OH is 2. The van der Waals surface area contributed by atoms with Gasteiger partial charge in [0, 0.05) is 46.7 Å². The molecule has 2 bridgehead atoms. The Balaban J connectivity index is 1.26. The number of aromatic amines is 1. The zero-order chi connectivity index (χ0) is 26.8. The average Bonchev–Trinajstić information content (AvgIpc) is 3.41. The zero-order valence-corrected chi connectivity index (χ0v) is 21.4. The van der Waals surface area contributed by atoms with Crippen LogP contribution in [0.15, 0.2) is 78.1 Å². The highest BCUT2D eigenvalue weighted by molar-refractivity contribution is 7.89. The van der Waals surface area contributed by atoms with Gasteiger partial charge in [-0.3, -0.25) is 4.79 Å². The van der Waals surface area contributed by atoms with Crippen molar-refractivity contribution in [2.75, 3.05) is 13.1 Å². The number of halogens is 1. The number of rotatable bonds is 4. The molecule has 2 aromatic carbocycles. The minimum Gasteiger partial charge on any atom is -0.619 e. The molecule has 0 saturated carbocycles. The van der Waals surface area contributed by atoms with Crippen molar-refractivity contribution >= 4 is 38.4 Å². The molecule has 4 aromatic rings. The average molecular weight is 555 g/mol. The Morgan fingerprint density at radius 3 is 2.18 bits per heavy atom. The van der Waals surface area contributed by atoms with Crippen LogP contribution in [0.5, 0.6) is 0 Å². The maximum absolute atomic E-state index is 13.5. The van der Waals surface area contributed by atoms with Crippen LogP contribution in [0.2, 0.25) is 5.02 Å². The van der Waals surface area contributed by atoms with E-state index in [2.05, 4.69) is 4.98 Å². The highest BCUT2D eigenvalue weighted by Gasteiger charge is 2.55. The van der Waals surface area contributed by atoms with Gasteiger partial charge in [-0.15, -0.1) is 0 Å².